The Balaban J connectivity index is 2.11. The van der Waals surface area contributed by atoms with Crippen LogP contribution in [0.2, 0.25) is 0 Å². The van der Waals surface area contributed by atoms with Gasteiger partial charge in [0.15, 0.2) is 4.73 Å². The van der Waals surface area contributed by atoms with Crippen LogP contribution in [0.15, 0.2) is 22.9 Å². The van der Waals surface area contributed by atoms with Gasteiger partial charge < -0.3 is 4.57 Å². The number of hydrogen-bond donors (Lipinski definition) is 0. The van der Waals surface area contributed by atoms with Crippen LogP contribution in [-0.4, -0.2) is 9.55 Å². The molecule has 0 atom stereocenters. The second-order valence-corrected chi connectivity index (χ2v) is 5.74. The zero-order chi connectivity index (χ0) is 11.8. The van der Waals surface area contributed by atoms with Crippen molar-refractivity contribution in [2.75, 3.05) is 0 Å². The smallest absolute Gasteiger partial charge is 0.178 e. The maximum atomic E-state index is 4.63. The molecule has 2 aromatic rings. The summed E-state index contributed by atoms with van der Waals surface area (Å²) in [5.74, 6) is 0. The van der Waals surface area contributed by atoms with Crippen molar-refractivity contribution >= 4 is 27.0 Å². The summed E-state index contributed by atoms with van der Waals surface area (Å²) in [5.41, 5.74) is 3.66. The Bertz CT molecular complexity index is 538. The third-order valence-corrected chi connectivity index (χ3v) is 4.30. The second kappa shape index (κ2) is 4.45. The molecule has 0 unspecified atom stereocenters. The number of aromatic nitrogens is 2. The van der Waals surface area contributed by atoms with Crippen LogP contribution in [0.25, 0.3) is 11.0 Å². The van der Waals surface area contributed by atoms with Crippen molar-refractivity contribution < 1.29 is 0 Å². The summed E-state index contributed by atoms with van der Waals surface area (Å²) in [5, 5.41) is 0. The first kappa shape index (κ1) is 11.3. The molecule has 3 rings (SSSR count). The Labute approximate surface area is 110 Å². The largest absolute Gasteiger partial charge is 0.315 e. The van der Waals surface area contributed by atoms with E-state index in [1.54, 1.807) is 0 Å². The third kappa shape index (κ3) is 2.01. The molecule has 1 aliphatic carbocycles. The van der Waals surface area contributed by atoms with Gasteiger partial charge in [0, 0.05) is 6.04 Å². The molecule has 1 aromatic carbocycles. The molecule has 0 spiro atoms. The molecule has 0 amide bonds. The Morgan fingerprint density at radius 3 is 2.76 bits per heavy atom. The maximum absolute atomic E-state index is 4.63. The lowest BCUT2D eigenvalue weighted by molar-refractivity contribution is 0.355. The van der Waals surface area contributed by atoms with Gasteiger partial charge in [-0.25, -0.2) is 4.98 Å². The monoisotopic (exact) mass is 292 g/mol. The molecule has 1 aromatic heterocycles. The lowest BCUT2D eigenvalue weighted by atomic mass is 9.95. The first-order valence-electron chi connectivity index (χ1n) is 6.40. The van der Waals surface area contributed by atoms with E-state index in [-0.39, 0.29) is 0 Å². The predicted molar refractivity (Wildman–Crippen MR) is 74.3 cm³/mol. The summed E-state index contributed by atoms with van der Waals surface area (Å²) in [7, 11) is 0. The van der Waals surface area contributed by atoms with Gasteiger partial charge in [-0.2, -0.15) is 0 Å². The van der Waals surface area contributed by atoms with Crippen LogP contribution in [0, 0.1) is 6.92 Å². The molecule has 17 heavy (non-hydrogen) atoms. The van der Waals surface area contributed by atoms with Crippen LogP contribution >= 0.6 is 15.9 Å². The van der Waals surface area contributed by atoms with E-state index in [0.717, 1.165) is 10.3 Å². The molecule has 1 fully saturated rings. The topological polar surface area (TPSA) is 17.8 Å². The normalized spacial score (nSPS) is 17.8. The van der Waals surface area contributed by atoms with Gasteiger partial charge in [0.25, 0.3) is 0 Å². The van der Waals surface area contributed by atoms with Crippen molar-refractivity contribution in [3.63, 3.8) is 0 Å². The number of imidazole rings is 1. The zero-order valence-electron chi connectivity index (χ0n) is 10.1. The van der Waals surface area contributed by atoms with Gasteiger partial charge in [0.1, 0.15) is 0 Å². The van der Waals surface area contributed by atoms with Crippen molar-refractivity contribution in [1.29, 1.82) is 0 Å². The zero-order valence-corrected chi connectivity index (χ0v) is 11.7. The summed E-state index contributed by atoms with van der Waals surface area (Å²) < 4.78 is 3.37. The number of benzene rings is 1. The molecule has 90 valence electrons. The molecule has 2 nitrogen and oxygen atoms in total. The molecule has 0 radical (unpaired) electrons. The van der Waals surface area contributed by atoms with Gasteiger partial charge >= 0.3 is 0 Å². The first-order chi connectivity index (χ1) is 8.25. The molecule has 1 heterocycles. The standard InChI is InChI=1S/C14H17BrN2/c1-10-7-8-13-12(9-10)16-14(15)17(13)11-5-3-2-4-6-11/h7-9,11H,2-6H2,1H3. The molecule has 0 N–H and O–H groups in total. The lowest BCUT2D eigenvalue weighted by Crippen LogP contribution is -2.12. The van der Waals surface area contributed by atoms with Gasteiger partial charge in [-0.1, -0.05) is 25.3 Å². The SMILES string of the molecule is Cc1ccc2c(c1)nc(Br)n2C1CCCCC1. The Morgan fingerprint density at radius 1 is 1.24 bits per heavy atom. The van der Waals surface area contributed by atoms with E-state index < -0.39 is 0 Å². The third-order valence-electron chi connectivity index (χ3n) is 3.74. The summed E-state index contributed by atoms with van der Waals surface area (Å²) in [4.78, 5) is 4.63. The van der Waals surface area contributed by atoms with Crippen LogP contribution < -0.4 is 0 Å². The summed E-state index contributed by atoms with van der Waals surface area (Å²) in [6.07, 6.45) is 6.67. The number of hydrogen-bond acceptors (Lipinski definition) is 1. The van der Waals surface area contributed by atoms with E-state index in [1.807, 2.05) is 0 Å². The highest BCUT2D eigenvalue weighted by molar-refractivity contribution is 9.10. The Morgan fingerprint density at radius 2 is 2.00 bits per heavy atom. The number of rotatable bonds is 1. The Hall–Kier alpha value is -0.830. The van der Waals surface area contributed by atoms with Crippen LogP contribution in [-0.2, 0) is 0 Å². The fourth-order valence-electron chi connectivity index (χ4n) is 2.87. The van der Waals surface area contributed by atoms with Crippen molar-refractivity contribution in [1.82, 2.24) is 9.55 Å². The van der Waals surface area contributed by atoms with Crippen LogP contribution in [0.1, 0.15) is 43.7 Å². The predicted octanol–water partition coefficient (Wildman–Crippen LogP) is 4.61. The maximum Gasteiger partial charge on any atom is 0.178 e. The van der Waals surface area contributed by atoms with E-state index in [9.17, 15) is 0 Å². The number of halogens is 1. The van der Waals surface area contributed by atoms with Gasteiger partial charge in [0.2, 0.25) is 0 Å². The fraction of sp³-hybridized carbons (Fsp3) is 0.500. The molecule has 0 bridgehead atoms. The van der Waals surface area contributed by atoms with Gasteiger partial charge in [-0.15, -0.1) is 0 Å². The van der Waals surface area contributed by atoms with Crippen LogP contribution in [0.5, 0.6) is 0 Å². The van der Waals surface area contributed by atoms with Crippen molar-refractivity contribution in [2.45, 2.75) is 45.1 Å². The van der Waals surface area contributed by atoms with Gasteiger partial charge in [-0.05, 0) is 53.4 Å². The second-order valence-electron chi connectivity index (χ2n) is 5.03. The molecular formula is C14H17BrN2. The average molecular weight is 293 g/mol. The molecular weight excluding hydrogens is 276 g/mol. The number of nitrogens with zero attached hydrogens (tertiary/aromatic N) is 2. The van der Waals surface area contributed by atoms with Crippen molar-refractivity contribution in [3.8, 4) is 0 Å². The minimum Gasteiger partial charge on any atom is -0.315 e. The minimum absolute atomic E-state index is 0.630. The first-order valence-corrected chi connectivity index (χ1v) is 7.19. The minimum atomic E-state index is 0.630. The number of aryl methyl sites for hydroxylation is 1. The lowest BCUT2D eigenvalue weighted by Gasteiger charge is -2.24. The van der Waals surface area contributed by atoms with Crippen molar-refractivity contribution in [2.24, 2.45) is 0 Å². The molecule has 1 saturated carbocycles. The highest BCUT2D eigenvalue weighted by atomic mass is 79.9. The Kier molecular flexibility index (Phi) is 2.95. The fourth-order valence-corrected chi connectivity index (χ4v) is 3.54. The van der Waals surface area contributed by atoms with E-state index in [1.165, 1.54) is 43.2 Å². The highest BCUT2D eigenvalue weighted by Crippen LogP contribution is 2.34. The van der Waals surface area contributed by atoms with Crippen molar-refractivity contribution in [3.05, 3.63) is 28.5 Å². The molecule has 3 heteroatoms. The molecule has 0 saturated heterocycles. The average Bonchev–Trinajstić information content (AvgIpc) is 2.65. The molecule has 0 aliphatic heterocycles. The van der Waals surface area contributed by atoms with Crippen LogP contribution in [0.4, 0.5) is 0 Å². The van der Waals surface area contributed by atoms with E-state index >= 15 is 0 Å². The van der Waals surface area contributed by atoms with E-state index in [0.29, 0.717) is 6.04 Å². The summed E-state index contributed by atoms with van der Waals surface area (Å²) >= 11 is 3.62. The van der Waals surface area contributed by atoms with Gasteiger partial charge in [-0.3, -0.25) is 0 Å². The summed E-state index contributed by atoms with van der Waals surface area (Å²) in [6, 6.07) is 7.18. The van der Waals surface area contributed by atoms with Gasteiger partial charge in [0.05, 0.1) is 11.0 Å². The quantitative estimate of drug-likeness (QED) is 0.750. The highest BCUT2D eigenvalue weighted by Gasteiger charge is 2.20. The van der Waals surface area contributed by atoms with E-state index in [4.69, 9.17) is 0 Å². The summed E-state index contributed by atoms with van der Waals surface area (Å²) in [6.45, 7) is 2.12. The molecule has 1 aliphatic rings. The van der Waals surface area contributed by atoms with E-state index in [2.05, 4.69) is 50.6 Å². The number of fused-ring (bicyclic) bond motifs is 1. The van der Waals surface area contributed by atoms with Crippen LogP contribution in [0.3, 0.4) is 0 Å².